The van der Waals surface area contributed by atoms with Gasteiger partial charge in [0.05, 0.1) is 17.3 Å². The molecular weight excluding hydrogens is 460 g/mol. The lowest BCUT2D eigenvalue weighted by Gasteiger charge is -2.12. The highest BCUT2D eigenvalue weighted by Crippen LogP contribution is 2.32. The van der Waals surface area contributed by atoms with Gasteiger partial charge in [0, 0.05) is 10.6 Å². The van der Waals surface area contributed by atoms with Crippen molar-refractivity contribution in [2.24, 2.45) is 0 Å². The molecule has 2 aromatic carbocycles. The van der Waals surface area contributed by atoms with E-state index in [0.29, 0.717) is 33.1 Å². The first-order chi connectivity index (χ1) is 14.2. The predicted octanol–water partition coefficient (Wildman–Crippen LogP) is 5.07. The van der Waals surface area contributed by atoms with Crippen LogP contribution in [0.2, 0.25) is 10.0 Å². The van der Waals surface area contributed by atoms with Crippen LogP contribution in [0.5, 0.6) is 0 Å². The van der Waals surface area contributed by atoms with E-state index in [1.807, 2.05) is 35.6 Å². The molecule has 0 unspecified atom stereocenters. The van der Waals surface area contributed by atoms with Gasteiger partial charge < -0.3 is 5.32 Å². The topological polar surface area (TPSA) is 59.8 Å². The molecule has 1 aromatic heterocycles. The largest absolute Gasteiger partial charge is 0.405 e. The first-order valence-electron chi connectivity index (χ1n) is 8.62. The molecule has 0 saturated heterocycles. The lowest BCUT2D eigenvalue weighted by Crippen LogP contribution is -2.34. The number of hydrogen-bond acceptors (Lipinski definition) is 4. The molecule has 3 aromatic rings. The molecule has 30 heavy (non-hydrogen) atoms. The van der Waals surface area contributed by atoms with Crippen molar-refractivity contribution in [3.63, 3.8) is 0 Å². The molecular formula is C19H15Cl2F3N4OS. The Kier molecular flexibility index (Phi) is 7.27. The minimum atomic E-state index is -4.47. The van der Waals surface area contributed by atoms with E-state index in [-0.39, 0.29) is 5.75 Å². The normalized spacial score (nSPS) is 11.5. The molecule has 0 aliphatic heterocycles. The predicted molar refractivity (Wildman–Crippen MR) is 111 cm³/mol. The van der Waals surface area contributed by atoms with Crippen molar-refractivity contribution in [3.05, 3.63) is 64.1 Å². The van der Waals surface area contributed by atoms with E-state index in [9.17, 15) is 18.0 Å². The van der Waals surface area contributed by atoms with Gasteiger partial charge in [0.2, 0.25) is 5.91 Å². The second-order valence-corrected chi connectivity index (χ2v) is 7.97. The molecule has 0 radical (unpaired) electrons. The van der Waals surface area contributed by atoms with E-state index in [1.54, 1.807) is 22.8 Å². The summed E-state index contributed by atoms with van der Waals surface area (Å²) in [4.78, 5) is 11.8. The van der Waals surface area contributed by atoms with Crippen molar-refractivity contribution in [1.29, 1.82) is 0 Å². The average molecular weight is 475 g/mol. The van der Waals surface area contributed by atoms with Crippen LogP contribution in [-0.4, -0.2) is 39.1 Å². The average Bonchev–Trinajstić information content (AvgIpc) is 3.07. The van der Waals surface area contributed by atoms with Crippen LogP contribution in [0, 0.1) is 0 Å². The lowest BCUT2D eigenvalue weighted by atomic mass is 10.2. The number of benzene rings is 2. The number of nitrogens with one attached hydrogen (secondary N) is 1. The van der Waals surface area contributed by atoms with E-state index in [0.717, 1.165) is 17.3 Å². The molecule has 3 rings (SSSR count). The molecule has 0 aliphatic carbocycles. The quantitative estimate of drug-likeness (QED) is 0.485. The number of aromatic nitrogens is 3. The summed E-state index contributed by atoms with van der Waals surface area (Å²) in [5.41, 5.74) is 1.55. The van der Waals surface area contributed by atoms with E-state index < -0.39 is 18.6 Å². The molecule has 5 nitrogen and oxygen atoms in total. The maximum absolute atomic E-state index is 12.3. The summed E-state index contributed by atoms with van der Waals surface area (Å²) >= 11 is 13.3. The Labute approximate surface area is 184 Å². The van der Waals surface area contributed by atoms with Gasteiger partial charge in [-0.2, -0.15) is 13.2 Å². The Morgan fingerprint density at radius 3 is 2.50 bits per heavy atom. The standard InChI is InChI=1S/C19H15Cl2F3N4OS/c20-13-6-7-14(15(21)8-13)17-26-27-18(28(17)9-12-4-2-1-3-5-12)30-10-16(29)25-11-19(22,23)24/h1-8H,9-11H2,(H,25,29). The fraction of sp³-hybridized carbons (Fsp3) is 0.211. The third-order valence-electron chi connectivity index (χ3n) is 3.89. The van der Waals surface area contributed by atoms with Crippen molar-refractivity contribution >= 4 is 40.9 Å². The van der Waals surface area contributed by atoms with Gasteiger partial charge in [-0.1, -0.05) is 65.3 Å². The molecule has 0 fully saturated rings. The van der Waals surface area contributed by atoms with Crippen LogP contribution in [0.15, 0.2) is 53.7 Å². The fourth-order valence-corrected chi connectivity index (χ4v) is 3.81. The number of halogens is 5. The Morgan fingerprint density at radius 1 is 1.10 bits per heavy atom. The second kappa shape index (κ2) is 9.72. The first-order valence-corrected chi connectivity index (χ1v) is 10.4. The molecule has 1 heterocycles. The van der Waals surface area contributed by atoms with Gasteiger partial charge in [-0.25, -0.2) is 0 Å². The molecule has 158 valence electrons. The Hall–Kier alpha value is -2.23. The number of carbonyl (C=O) groups is 1. The van der Waals surface area contributed by atoms with Crippen molar-refractivity contribution in [2.45, 2.75) is 17.9 Å². The summed E-state index contributed by atoms with van der Waals surface area (Å²) < 4.78 is 38.6. The maximum Gasteiger partial charge on any atom is 0.405 e. The van der Waals surface area contributed by atoms with Crippen LogP contribution in [0.25, 0.3) is 11.4 Å². The van der Waals surface area contributed by atoms with Crippen molar-refractivity contribution in [2.75, 3.05) is 12.3 Å². The summed E-state index contributed by atoms with van der Waals surface area (Å²) in [7, 11) is 0. The van der Waals surface area contributed by atoms with Gasteiger partial charge in [0.25, 0.3) is 0 Å². The number of thioether (sulfide) groups is 1. The molecule has 1 amide bonds. The van der Waals surface area contributed by atoms with Crippen LogP contribution in [0.1, 0.15) is 5.56 Å². The summed E-state index contributed by atoms with van der Waals surface area (Å²) in [6.07, 6.45) is -4.47. The van der Waals surface area contributed by atoms with Crippen molar-refractivity contribution in [3.8, 4) is 11.4 Å². The number of amides is 1. The second-order valence-electron chi connectivity index (χ2n) is 6.18. The van der Waals surface area contributed by atoms with Gasteiger partial charge in [0.1, 0.15) is 6.54 Å². The summed E-state index contributed by atoms with van der Waals surface area (Å²) in [6.45, 7) is -0.997. The van der Waals surface area contributed by atoms with E-state index >= 15 is 0 Å². The summed E-state index contributed by atoms with van der Waals surface area (Å²) in [5.74, 6) is -0.534. The van der Waals surface area contributed by atoms with Crippen molar-refractivity contribution < 1.29 is 18.0 Å². The third-order valence-corrected chi connectivity index (χ3v) is 5.41. The Balaban J connectivity index is 1.85. The highest BCUT2D eigenvalue weighted by Gasteiger charge is 2.27. The molecule has 1 N–H and O–H groups in total. The minimum Gasteiger partial charge on any atom is -0.346 e. The van der Waals surface area contributed by atoms with Gasteiger partial charge in [-0.15, -0.1) is 10.2 Å². The van der Waals surface area contributed by atoms with E-state index in [2.05, 4.69) is 10.2 Å². The summed E-state index contributed by atoms with van der Waals surface area (Å²) in [6, 6.07) is 14.4. The zero-order valence-electron chi connectivity index (χ0n) is 15.3. The highest BCUT2D eigenvalue weighted by atomic mass is 35.5. The van der Waals surface area contributed by atoms with Gasteiger partial charge in [-0.3, -0.25) is 9.36 Å². The first kappa shape index (κ1) is 22.5. The van der Waals surface area contributed by atoms with Crippen LogP contribution >= 0.6 is 35.0 Å². The monoisotopic (exact) mass is 474 g/mol. The van der Waals surface area contributed by atoms with Crippen LogP contribution < -0.4 is 5.32 Å². The smallest absolute Gasteiger partial charge is 0.346 e. The third kappa shape index (κ3) is 6.13. The number of nitrogens with zero attached hydrogens (tertiary/aromatic N) is 3. The number of alkyl halides is 3. The zero-order valence-corrected chi connectivity index (χ0v) is 17.6. The SMILES string of the molecule is O=C(CSc1nnc(-c2ccc(Cl)cc2Cl)n1Cc1ccccc1)NCC(F)(F)F. The number of hydrogen-bond donors (Lipinski definition) is 1. The van der Waals surface area contributed by atoms with Crippen molar-refractivity contribution in [1.82, 2.24) is 20.1 Å². The highest BCUT2D eigenvalue weighted by molar-refractivity contribution is 7.99. The van der Waals surface area contributed by atoms with Gasteiger partial charge in [-0.05, 0) is 23.8 Å². The number of carbonyl (C=O) groups excluding carboxylic acids is 1. The number of rotatable bonds is 7. The molecule has 0 bridgehead atoms. The molecule has 0 atom stereocenters. The minimum absolute atomic E-state index is 0.239. The molecule has 0 aliphatic rings. The summed E-state index contributed by atoms with van der Waals surface area (Å²) in [5, 5.41) is 11.4. The Morgan fingerprint density at radius 2 is 1.83 bits per heavy atom. The van der Waals surface area contributed by atoms with E-state index in [4.69, 9.17) is 23.2 Å². The Bertz CT molecular complexity index is 1030. The van der Waals surface area contributed by atoms with E-state index in [1.165, 1.54) is 0 Å². The molecule has 0 spiro atoms. The van der Waals surface area contributed by atoms with Gasteiger partial charge >= 0.3 is 6.18 Å². The lowest BCUT2D eigenvalue weighted by molar-refractivity contribution is -0.136. The van der Waals surface area contributed by atoms with Crippen LogP contribution in [0.3, 0.4) is 0 Å². The zero-order chi connectivity index (χ0) is 21.7. The van der Waals surface area contributed by atoms with Gasteiger partial charge in [0.15, 0.2) is 11.0 Å². The van der Waals surface area contributed by atoms with Crippen LogP contribution in [0.4, 0.5) is 13.2 Å². The molecule has 11 heteroatoms. The molecule has 0 saturated carbocycles. The fourth-order valence-electron chi connectivity index (χ4n) is 2.55. The van der Waals surface area contributed by atoms with Crippen LogP contribution in [-0.2, 0) is 11.3 Å². The maximum atomic E-state index is 12.3.